The van der Waals surface area contributed by atoms with Crippen molar-refractivity contribution in [2.24, 2.45) is 0 Å². The number of hydrogen-bond acceptors (Lipinski definition) is 6. The lowest BCUT2D eigenvalue weighted by atomic mass is 10.2. The molecule has 1 aromatic carbocycles. The summed E-state index contributed by atoms with van der Waals surface area (Å²) in [5.74, 6) is -1.80. The largest absolute Gasteiger partial charge is 0.457 e. The van der Waals surface area contributed by atoms with E-state index in [1.54, 1.807) is 53.7 Å². The molecular weight excluding hydrogens is 364 g/mol. The molecule has 0 fully saturated rings. The molecule has 28 heavy (non-hydrogen) atoms. The highest BCUT2D eigenvalue weighted by atomic mass is 16.6. The molecule has 0 aliphatic carbocycles. The summed E-state index contributed by atoms with van der Waals surface area (Å²) < 4.78 is 11.2. The number of fused-ring (bicyclic) bond motifs is 1. The van der Waals surface area contributed by atoms with E-state index in [1.165, 1.54) is 12.1 Å². The van der Waals surface area contributed by atoms with Crippen LogP contribution >= 0.6 is 0 Å². The third kappa shape index (κ3) is 5.18. The van der Waals surface area contributed by atoms with E-state index < -0.39 is 40.0 Å². The summed E-state index contributed by atoms with van der Waals surface area (Å²) in [5, 5.41) is 2.60. The first-order chi connectivity index (χ1) is 12.8. The number of carbonyl (C=O) groups excluding carboxylic acids is 2. The quantitative estimate of drug-likeness (QED) is 0.638. The Morgan fingerprint density at radius 2 is 1.46 bits per heavy atom. The Labute approximate surface area is 161 Å². The molecule has 0 saturated heterocycles. The molecule has 0 unspecified atom stereocenters. The predicted octanol–water partition coefficient (Wildman–Crippen LogP) is 2.21. The van der Waals surface area contributed by atoms with Gasteiger partial charge in [0, 0.05) is 0 Å². The maximum absolute atomic E-state index is 12.9. The van der Waals surface area contributed by atoms with Crippen molar-refractivity contribution in [3.05, 3.63) is 51.0 Å². The van der Waals surface area contributed by atoms with Crippen LogP contribution in [0.4, 0.5) is 0 Å². The number of hydrogen-bond donors (Lipinski definition) is 1. The number of aromatic nitrogens is 2. The van der Waals surface area contributed by atoms with Crippen LogP contribution in [0.25, 0.3) is 16.5 Å². The van der Waals surface area contributed by atoms with E-state index in [1.807, 2.05) is 0 Å². The van der Waals surface area contributed by atoms with Gasteiger partial charge in [-0.2, -0.15) is 0 Å². The van der Waals surface area contributed by atoms with Crippen LogP contribution in [0.15, 0.2) is 39.9 Å². The van der Waals surface area contributed by atoms with Gasteiger partial charge in [-0.05, 0) is 53.7 Å². The van der Waals surface area contributed by atoms with Crippen molar-refractivity contribution in [1.82, 2.24) is 9.78 Å². The van der Waals surface area contributed by atoms with Crippen molar-refractivity contribution in [1.29, 1.82) is 0 Å². The fraction of sp³-hybridized carbons (Fsp3) is 0.400. The van der Waals surface area contributed by atoms with E-state index in [4.69, 9.17) is 9.47 Å². The van der Waals surface area contributed by atoms with Crippen LogP contribution in [0.1, 0.15) is 41.5 Å². The Morgan fingerprint density at radius 3 is 2.00 bits per heavy atom. The van der Waals surface area contributed by atoms with Crippen LogP contribution in [0.2, 0.25) is 0 Å². The number of H-pyrrole nitrogens is 1. The maximum Gasteiger partial charge on any atom is 0.357 e. The lowest BCUT2D eigenvalue weighted by molar-refractivity contribution is -0.151. The fourth-order valence-electron chi connectivity index (χ4n) is 2.36. The van der Waals surface area contributed by atoms with Crippen molar-refractivity contribution in [3.8, 4) is 0 Å². The van der Waals surface area contributed by atoms with E-state index in [0.717, 1.165) is 6.08 Å². The standard InChI is InChI=1S/C20H24N2O6/c1-19(2,3)27-15(23)11-14(18(26)28-20(4,5)6)22-17(25)13-10-8-7-9-12(13)16(24)21-22/h7-11H,1-6H3,(H,21,24)/b14-11-. The van der Waals surface area contributed by atoms with Crippen LogP contribution in [0.5, 0.6) is 0 Å². The van der Waals surface area contributed by atoms with Crippen molar-refractivity contribution in [3.63, 3.8) is 0 Å². The van der Waals surface area contributed by atoms with Gasteiger partial charge in [0.2, 0.25) is 0 Å². The molecule has 8 nitrogen and oxygen atoms in total. The van der Waals surface area contributed by atoms with Gasteiger partial charge in [-0.15, -0.1) is 0 Å². The number of benzene rings is 1. The van der Waals surface area contributed by atoms with E-state index >= 15 is 0 Å². The highest BCUT2D eigenvalue weighted by Gasteiger charge is 2.26. The van der Waals surface area contributed by atoms with Gasteiger partial charge in [-0.25, -0.2) is 14.3 Å². The normalized spacial score (nSPS) is 12.7. The molecule has 0 saturated carbocycles. The summed E-state index contributed by atoms with van der Waals surface area (Å²) in [6, 6.07) is 6.17. The second-order valence-corrected chi connectivity index (χ2v) is 8.19. The fourth-order valence-corrected chi connectivity index (χ4v) is 2.36. The molecule has 150 valence electrons. The van der Waals surface area contributed by atoms with Crippen molar-refractivity contribution in [2.45, 2.75) is 52.7 Å². The molecule has 0 radical (unpaired) electrons. The summed E-state index contributed by atoms with van der Waals surface area (Å²) in [6.07, 6.45) is 0.839. The second-order valence-electron chi connectivity index (χ2n) is 8.19. The Hall–Kier alpha value is -3.16. The van der Waals surface area contributed by atoms with Gasteiger partial charge >= 0.3 is 11.9 Å². The minimum atomic E-state index is -0.952. The zero-order chi connectivity index (χ0) is 21.3. The molecule has 0 atom stereocenters. The SMILES string of the molecule is CC(C)(C)OC(=O)/C=C(/C(=O)OC(C)(C)C)n1[nH]c(=O)c2ccccc2c1=O. The molecule has 2 rings (SSSR count). The third-order valence-corrected chi connectivity index (χ3v) is 3.33. The van der Waals surface area contributed by atoms with E-state index in [2.05, 4.69) is 5.10 Å². The molecule has 8 heteroatoms. The Balaban J connectivity index is 2.69. The van der Waals surface area contributed by atoms with Gasteiger partial charge in [0.25, 0.3) is 11.1 Å². The number of aromatic amines is 1. The molecule has 0 aliphatic heterocycles. The first-order valence-corrected chi connectivity index (χ1v) is 8.71. The highest BCUT2D eigenvalue weighted by Crippen LogP contribution is 2.15. The molecule has 0 bridgehead atoms. The number of esters is 2. The van der Waals surface area contributed by atoms with Gasteiger partial charge in [0.15, 0.2) is 5.70 Å². The summed E-state index contributed by atoms with van der Waals surface area (Å²) in [7, 11) is 0. The number of rotatable bonds is 3. The molecule has 1 heterocycles. The number of ether oxygens (including phenoxy) is 2. The number of nitrogens with one attached hydrogen (secondary N) is 1. The molecule has 2 aromatic rings. The van der Waals surface area contributed by atoms with Crippen molar-refractivity contribution >= 4 is 28.4 Å². The molecule has 0 aliphatic rings. The van der Waals surface area contributed by atoms with E-state index in [-0.39, 0.29) is 10.8 Å². The topological polar surface area (TPSA) is 107 Å². The van der Waals surface area contributed by atoms with Crippen LogP contribution in [-0.2, 0) is 19.1 Å². The average molecular weight is 388 g/mol. The second kappa shape index (κ2) is 7.46. The first kappa shape index (κ1) is 21.1. The Kier molecular flexibility index (Phi) is 5.63. The predicted molar refractivity (Wildman–Crippen MR) is 105 cm³/mol. The molecule has 0 spiro atoms. The van der Waals surface area contributed by atoms with Crippen LogP contribution in [-0.4, -0.2) is 32.9 Å². The average Bonchev–Trinajstić information content (AvgIpc) is 2.53. The van der Waals surface area contributed by atoms with Crippen LogP contribution in [0, 0.1) is 0 Å². The Bertz CT molecular complexity index is 1060. The van der Waals surface area contributed by atoms with Crippen molar-refractivity contribution < 1.29 is 19.1 Å². The minimum Gasteiger partial charge on any atom is -0.457 e. The van der Waals surface area contributed by atoms with Gasteiger partial charge in [-0.1, -0.05) is 12.1 Å². The summed E-state index contributed by atoms with van der Waals surface area (Å²) >= 11 is 0. The summed E-state index contributed by atoms with van der Waals surface area (Å²) in [6.45, 7) is 9.91. The van der Waals surface area contributed by atoms with E-state index in [9.17, 15) is 19.2 Å². The Morgan fingerprint density at radius 1 is 0.929 bits per heavy atom. The van der Waals surface area contributed by atoms with Crippen LogP contribution < -0.4 is 11.1 Å². The number of nitrogens with zero attached hydrogens (tertiary/aromatic N) is 1. The van der Waals surface area contributed by atoms with Crippen LogP contribution in [0.3, 0.4) is 0 Å². The van der Waals surface area contributed by atoms with Gasteiger partial charge in [-0.3, -0.25) is 14.7 Å². The van der Waals surface area contributed by atoms with Gasteiger partial charge < -0.3 is 9.47 Å². The summed E-state index contributed by atoms with van der Waals surface area (Å²) in [5.41, 5.74) is -3.40. The zero-order valence-electron chi connectivity index (χ0n) is 16.8. The molecule has 1 N–H and O–H groups in total. The third-order valence-electron chi connectivity index (χ3n) is 3.33. The molecule has 1 aromatic heterocycles. The van der Waals surface area contributed by atoms with E-state index in [0.29, 0.717) is 4.68 Å². The lowest BCUT2D eigenvalue weighted by Gasteiger charge is -2.22. The maximum atomic E-state index is 12.9. The minimum absolute atomic E-state index is 0.102. The molecule has 0 amide bonds. The monoisotopic (exact) mass is 388 g/mol. The van der Waals surface area contributed by atoms with Crippen molar-refractivity contribution in [2.75, 3.05) is 0 Å². The molecular formula is C20H24N2O6. The smallest absolute Gasteiger partial charge is 0.357 e. The van der Waals surface area contributed by atoms with Gasteiger partial charge in [0.05, 0.1) is 16.8 Å². The van der Waals surface area contributed by atoms with Gasteiger partial charge in [0.1, 0.15) is 11.2 Å². The summed E-state index contributed by atoms with van der Waals surface area (Å²) in [4.78, 5) is 50.2. The zero-order valence-corrected chi connectivity index (χ0v) is 16.8. The highest BCUT2D eigenvalue weighted by molar-refractivity contribution is 6.14. The first-order valence-electron chi connectivity index (χ1n) is 8.71. The number of carbonyl (C=O) groups is 2. The lowest BCUT2D eigenvalue weighted by Crippen LogP contribution is -2.35.